The van der Waals surface area contributed by atoms with Crippen molar-refractivity contribution in [2.75, 3.05) is 0 Å². The molecule has 1 aromatic carbocycles. The van der Waals surface area contributed by atoms with Crippen LogP contribution in [0.4, 0.5) is 0 Å². The van der Waals surface area contributed by atoms with Gasteiger partial charge in [-0.05, 0) is 39.6 Å². The number of carbonyl (C=O) groups is 1. The van der Waals surface area contributed by atoms with E-state index >= 15 is 0 Å². The zero-order valence-corrected chi connectivity index (χ0v) is 12.0. The van der Waals surface area contributed by atoms with Crippen molar-refractivity contribution in [3.05, 3.63) is 70.4 Å². The van der Waals surface area contributed by atoms with E-state index in [0.717, 1.165) is 5.56 Å². The van der Waals surface area contributed by atoms with Crippen LogP contribution in [0.25, 0.3) is 11.1 Å². The fraction of sp³-hybridized carbons (Fsp3) is 0.0625. The molecule has 2 aromatic heterocycles. The van der Waals surface area contributed by atoms with Gasteiger partial charge in [0.1, 0.15) is 11.5 Å². The fourth-order valence-electron chi connectivity index (χ4n) is 2.09. The number of thiophene rings is 1. The zero-order valence-electron chi connectivity index (χ0n) is 11.2. The lowest BCUT2D eigenvalue weighted by molar-refractivity contribution is 0.0995. The van der Waals surface area contributed by atoms with Gasteiger partial charge >= 0.3 is 0 Å². The molecule has 0 unspecified atom stereocenters. The number of carbonyl (C=O) groups excluding carboxylic acids is 1. The summed E-state index contributed by atoms with van der Waals surface area (Å²) in [6, 6.07) is 11.8. The topological polar surface area (TPSA) is 68.9 Å². The fourth-order valence-corrected chi connectivity index (χ4v) is 2.76. The maximum absolute atomic E-state index is 11.1. The Hall–Kier alpha value is -2.53. The van der Waals surface area contributed by atoms with Crippen LogP contribution >= 0.6 is 11.3 Å². The highest BCUT2D eigenvalue weighted by atomic mass is 32.1. The van der Waals surface area contributed by atoms with Crippen LogP contribution in [0.15, 0.2) is 53.4 Å². The van der Waals surface area contributed by atoms with Crippen LogP contribution in [-0.4, -0.2) is 15.9 Å². The summed E-state index contributed by atoms with van der Waals surface area (Å²) in [4.78, 5) is 19.5. The molecule has 5 heteroatoms. The highest BCUT2D eigenvalue weighted by Crippen LogP contribution is 2.23. The van der Waals surface area contributed by atoms with E-state index in [0.29, 0.717) is 12.2 Å². The van der Waals surface area contributed by atoms with Gasteiger partial charge in [-0.25, -0.2) is 9.97 Å². The number of hydrogen-bond acceptors (Lipinski definition) is 4. The van der Waals surface area contributed by atoms with Crippen LogP contribution in [0, 0.1) is 0 Å². The molecule has 0 atom stereocenters. The highest BCUT2D eigenvalue weighted by molar-refractivity contribution is 7.08. The third kappa shape index (κ3) is 3.14. The van der Waals surface area contributed by atoms with Gasteiger partial charge in [0.2, 0.25) is 0 Å². The molecule has 0 bridgehead atoms. The molecule has 0 radical (unpaired) electrons. The Bertz CT molecular complexity index is 769. The van der Waals surface area contributed by atoms with Gasteiger partial charge in [0.05, 0.1) is 0 Å². The van der Waals surface area contributed by atoms with E-state index in [1.165, 1.54) is 17.2 Å². The smallest absolute Gasteiger partial charge is 0.267 e. The first-order chi connectivity index (χ1) is 10.2. The molecule has 0 aliphatic carbocycles. The summed E-state index contributed by atoms with van der Waals surface area (Å²) < 4.78 is 0. The number of benzene rings is 1. The van der Waals surface area contributed by atoms with Crippen molar-refractivity contribution < 1.29 is 4.79 Å². The van der Waals surface area contributed by atoms with Crippen molar-refractivity contribution in [3.8, 4) is 11.1 Å². The minimum Gasteiger partial charge on any atom is -0.364 e. The molecule has 0 aliphatic heterocycles. The van der Waals surface area contributed by atoms with Crippen LogP contribution in [0.2, 0.25) is 0 Å². The molecule has 2 N–H and O–H groups in total. The highest BCUT2D eigenvalue weighted by Gasteiger charge is 2.06. The number of primary amides is 1. The molecule has 1 amide bonds. The largest absolute Gasteiger partial charge is 0.364 e. The Morgan fingerprint density at radius 2 is 2.10 bits per heavy atom. The average molecular weight is 295 g/mol. The molecule has 0 saturated carbocycles. The Morgan fingerprint density at radius 1 is 1.19 bits per heavy atom. The summed E-state index contributed by atoms with van der Waals surface area (Å²) in [6.45, 7) is 0. The number of amides is 1. The molecule has 104 valence electrons. The molecule has 0 aliphatic rings. The van der Waals surface area contributed by atoms with Gasteiger partial charge in [0.15, 0.2) is 0 Å². The number of nitrogens with two attached hydrogens (primary N) is 1. The van der Waals surface area contributed by atoms with Gasteiger partial charge in [-0.15, -0.1) is 0 Å². The van der Waals surface area contributed by atoms with Crippen LogP contribution in [-0.2, 0) is 6.42 Å². The molecule has 21 heavy (non-hydrogen) atoms. The number of nitrogens with zero attached hydrogens (tertiary/aromatic N) is 2. The standard InChI is InChI=1S/C16H13N3OS/c17-16(20)14-4-6-18-15(19-14)9-11-2-1-3-12(8-11)13-5-7-21-10-13/h1-8,10H,9H2,(H2,17,20). The van der Waals surface area contributed by atoms with E-state index in [-0.39, 0.29) is 5.69 Å². The van der Waals surface area contributed by atoms with Crippen LogP contribution in [0.1, 0.15) is 21.9 Å². The molecule has 3 aromatic rings. The normalized spacial score (nSPS) is 10.5. The Balaban J connectivity index is 1.87. The van der Waals surface area contributed by atoms with Gasteiger partial charge in [-0.2, -0.15) is 11.3 Å². The summed E-state index contributed by atoms with van der Waals surface area (Å²) in [5, 5.41) is 4.17. The minimum absolute atomic E-state index is 0.244. The number of aromatic nitrogens is 2. The lowest BCUT2D eigenvalue weighted by atomic mass is 10.0. The van der Waals surface area contributed by atoms with Crippen molar-refractivity contribution in [1.82, 2.24) is 9.97 Å². The summed E-state index contributed by atoms with van der Waals surface area (Å²) in [6.07, 6.45) is 2.13. The molecule has 2 heterocycles. The van der Waals surface area contributed by atoms with Crippen LogP contribution in [0.3, 0.4) is 0 Å². The van der Waals surface area contributed by atoms with Crippen LogP contribution in [0.5, 0.6) is 0 Å². The van der Waals surface area contributed by atoms with Crippen molar-refractivity contribution in [2.24, 2.45) is 5.73 Å². The second-order valence-corrected chi connectivity index (χ2v) is 5.39. The van der Waals surface area contributed by atoms with Crippen molar-refractivity contribution >= 4 is 17.2 Å². The van der Waals surface area contributed by atoms with E-state index in [9.17, 15) is 4.79 Å². The minimum atomic E-state index is -0.536. The van der Waals surface area contributed by atoms with Crippen molar-refractivity contribution in [3.63, 3.8) is 0 Å². The Morgan fingerprint density at radius 3 is 2.86 bits per heavy atom. The summed E-state index contributed by atoms with van der Waals surface area (Å²) >= 11 is 1.67. The first-order valence-corrected chi connectivity index (χ1v) is 7.40. The van der Waals surface area contributed by atoms with E-state index in [1.54, 1.807) is 17.5 Å². The molecule has 0 saturated heterocycles. The predicted molar refractivity (Wildman–Crippen MR) is 83.1 cm³/mol. The lowest BCUT2D eigenvalue weighted by Crippen LogP contribution is -2.14. The van der Waals surface area contributed by atoms with Gasteiger partial charge in [0.25, 0.3) is 5.91 Å². The number of rotatable bonds is 4. The van der Waals surface area contributed by atoms with E-state index in [1.807, 2.05) is 12.1 Å². The lowest BCUT2D eigenvalue weighted by Gasteiger charge is -2.04. The SMILES string of the molecule is NC(=O)c1ccnc(Cc2cccc(-c3ccsc3)c2)n1. The van der Waals surface area contributed by atoms with Gasteiger partial charge in [-0.1, -0.05) is 24.3 Å². The quantitative estimate of drug-likeness (QED) is 0.804. The van der Waals surface area contributed by atoms with Crippen molar-refractivity contribution in [1.29, 1.82) is 0 Å². The van der Waals surface area contributed by atoms with Gasteiger partial charge in [0, 0.05) is 12.6 Å². The predicted octanol–water partition coefficient (Wildman–Crippen LogP) is 2.89. The first kappa shape index (κ1) is 13.5. The molecule has 3 rings (SSSR count). The average Bonchev–Trinajstić information content (AvgIpc) is 3.02. The number of hydrogen-bond donors (Lipinski definition) is 1. The van der Waals surface area contributed by atoms with E-state index in [4.69, 9.17) is 5.73 Å². The summed E-state index contributed by atoms with van der Waals surface area (Å²) in [5.74, 6) is 0.0550. The maximum atomic E-state index is 11.1. The second-order valence-electron chi connectivity index (χ2n) is 4.61. The monoisotopic (exact) mass is 295 g/mol. The third-order valence-electron chi connectivity index (χ3n) is 3.10. The Labute approximate surface area is 126 Å². The molecule has 0 fully saturated rings. The second kappa shape index (κ2) is 5.85. The Kier molecular flexibility index (Phi) is 3.75. The molecular formula is C16H13N3OS. The van der Waals surface area contributed by atoms with E-state index < -0.39 is 5.91 Å². The van der Waals surface area contributed by atoms with E-state index in [2.05, 4.69) is 38.9 Å². The first-order valence-electron chi connectivity index (χ1n) is 6.45. The summed E-state index contributed by atoms with van der Waals surface area (Å²) in [7, 11) is 0. The van der Waals surface area contributed by atoms with Gasteiger partial charge in [-0.3, -0.25) is 4.79 Å². The van der Waals surface area contributed by atoms with Gasteiger partial charge < -0.3 is 5.73 Å². The molecule has 0 spiro atoms. The van der Waals surface area contributed by atoms with Crippen LogP contribution < -0.4 is 5.73 Å². The zero-order chi connectivity index (χ0) is 14.7. The van der Waals surface area contributed by atoms with Crippen molar-refractivity contribution in [2.45, 2.75) is 6.42 Å². The maximum Gasteiger partial charge on any atom is 0.267 e. The third-order valence-corrected chi connectivity index (χ3v) is 3.78. The summed E-state index contributed by atoms with van der Waals surface area (Å²) in [5.41, 5.74) is 8.95. The molecular weight excluding hydrogens is 282 g/mol. The molecule has 4 nitrogen and oxygen atoms in total.